The fraction of sp³-hybridized carbons (Fsp3) is 0.944. The Bertz CT molecular complexity index is 1780. The molecule has 5 atom stereocenters. The number of hydrogen-bond acceptors (Lipinski definition) is 15. The number of carbonyl (C=O) groups excluding carboxylic acids is 4. The molecule has 0 radical (unpaired) electrons. The molecule has 0 amide bonds. The van der Waals surface area contributed by atoms with Gasteiger partial charge >= 0.3 is 39.5 Å². The summed E-state index contributed by atoms with van der Waals surface area (Å²) in [6, 6.07) is 0. The zero-order chi connectivity index (χ0) is 66.8. The van der Waals surface area contributed by atoms with Gasteiger partial charge in [0.2, 0.25) is 0 Å². The zero-order valence-corrected chi connectivity index (χ0v) is 60.6. The van der Waals surface area contributed by atoms with Crippen molar-refractivity contribution >= 4 is 39.5 Å². The first-order valence-corrected chi connectivity index (χ1v) is 39.7. The van der Waals surface area contributed by atoms with Crippen molar-refractivity contribution in [3.05, 3.63) is 0 Å². The number of carbonyl (C=O) groups is 4. The van der Waals surface area contributed by atoms with Crippen LogP contribution in [0, 0.1) is 23.7 Å². The summed E-state index contributed by atoms with van der Waals surface area (Å²) in [7, 11) is -9.90. The van der Waals surface area contributed by atoms with Crippen LogP contribution in [-0.4, -0.2) is 96.7 Å². The topological polar surface area (TPSA) is 237 Å². The summed E-state index contributed by atoms with van der Waals surface area (Å²) in [5.41, 5.74) is 0. The second-order valence-electron chi connectivity index (χ2n) is 27.5. The number of esters is 4. The molecule has 0 aliphatic carbocycles. The zero-order valence-electron chi connectivity index (χ0n) is 58.8. The smallest absolute Gasteiger partial charge is 0.462 e. The van der Waals surface area contributed by atoms with Crippen LogP contribution in [0.5, 0.6) is 0 Å². The van der Waals surface area contributed by atoms with Crippen LogP contribution in [0.1, 0.15) is 351 Å². The Labute approximate surface area is 549 Å². The number of hydrogen-bond donors (Lipinski definition) is 3. The van der Waals surface area contributed by atoms with Gasteiger partial charge in [0.05, 0.1) is 26.4 Å². The maximum absolute atomic E-state index is 13.0. The number of aliphatic hydroxyl groups is 1. The van der Waals surface area contributed by atoms with Crippen molar-refractivity contribution in [3.8, 4) is 0 Å². The SMILES string of the molecule is CC(C)CCCCCCCCCCCCC(=O)OC[C@H](COP(=O)(O)OCC(O)COP(=O)(O)OC[C@@H](COC(=O)CCCCCCCCCCC(C)C)OC(=O)CCCCCCCCCCCCC(C)C)OC(=O)CCCCCCCCCCCCC(C)C. The molecule has 0 heterocycles. The molecule has 0 bridgehead atoms. The third kappa shape index (κ3) is 64.8. The molecular formula is C71H138O17P2. The van der Waals surface area contributed by atoms with Crippen molar-refractivity contribution in [3.63, 3.8) is 0 Å². The molecule has 0 aromatic rings. The molecule has 0 aromatic heterocycles. The Morgan fingerprint density at radius 1 is 0.278 bits per heavy atom. The number of rotatable bonds is 68. The van der Waals surface area contributed by atoms with Crippen LogP contribution in [0.2, 0.25) is 0 Å². The van der Waals surface area contributed by atoms with Crippen LogP contribution >= 0.6 is 15.6 Å². The second kappa shape index (κ2) is 60.7. The molecular weight excluding hydrogens is 1190 g/mol. The molecule has 0 aliphatic heterocycles. The van der Waals surface area contributed by atoms with E-state index < -0.39 is 97.5 Å². The average molecular weight is 1330 g/mol. The van der Waals surface area contributed by atoms with E-state index in [4.69, 9.17) is 37.0 Å². The van der Waals surface area contributed by atoms with Gasteiger partial charge in [0, 0.05) is 25.7 Å². The van der Waals surface area contributed by atoms with E-state index in [2.05, 4.69) is 55.4 Å². The second-order valence-corrected chi connectivity index (χ2v) is 30.4. The van der Waals surface area contributed by atoms with Crippen LogP contribution in [0.25, 0.3) is 0 Å². The van der Waals surface area contributed by atoms with Crippen LogP contribution in [-0.2, 0) is 65.4 Å². The first kappa shape index (κ1) is 88.1. The van der Waals surface area contributed by atoms with Gasteiger partial charge in [-0.2, -0.15) is 0 Å². The largest absolute Gasteiger partial charge is 0.472 e. The molecule has 0 fully saturated rings. The first-order valence-electron chi connectivity index (χ1n) is 36.7. The third-order valence-electron chi connectivity index (χ3n) is 16.3. The third-order valence-corrected chi connectivity index (χ3v) is 18.2. The first-order chi connectivity index (χ1) is 43.1. The average Bonchev–Trinajstić information content (AvgIpc) is 3.66. The monoisotopic (exact) mass is 1320 g/mol. The number of phosphoric acid groups is 2. The molecule has 0 aromatic carbocycles. The van der Waals surface area contributed by atoms with Gasteiger partial charge in [0.15, 0.2) is 12.2 Å². The summed E-state index contributed by atoms with van der Waals surface area (Å²) in [5.74, 6) is 0.861. The predicted molar refractivity (Wildman–Crippen MR) is 363 cm³/mol. The van der Waals surface area contributed by atoms with E-state index in [1.807, 2.05) is 0 Å². The van der Waals surface area contributed by atoms with E-state index in [1.165, 1.54) is 154 Å². The van der Waals surface area contributed by atoms with Gasteiger partial charge in [0.1, 0.15) is 19.3 Å². The molecule has 19 heteroatoms. The normalized spacial score (nSPS) is 14.3. The lowest BCUT2D eigenvalue weighted by molar-refractivity contribution is -0.161. The summed E-state index contributed by atoms with van der Waals surface area (Å²) < 4.78 is 68.3. The highest BCUT2D eigenvalue weighted by Gasteiger charge is 2.30. The highest BCUT2D eigenvalue weighted by Crippen LogP contribution is 2.45. The minimum Gasteiger partial charge on any atom is -0.462 e. The van der Waals surface area contributed by atoms with Crippen molar-refractivity contribution in [1.82, 2.24) is 0 Å². The summed E-state index contributed by atoms with van der Waals surface area (Å²) in [6.45, 7) is 14.1. The maximum atomic E-state index is 13.0. The highest BCUT2D eigenvalue weighted by atomic mass is 31.2. The standard InChI is InChI=1S/C71H138O17P2/c1-61(2)47-39-31-23-15-9-12-18-27-35-43-51-68(73)81-57-66(87-70(75)53-45-37-29-19-13-10-16-24-32-40-48-62(3)4)59-85-89(77,78)83-55-65(72)56-84-90(79,80)86-60-67(58-82-69(74)52-44-36-28-22-21-26-34-42-50-64(7)8)88-71(76)54-46-38-30-20-14-11-17-25-33-41-49-63(5)6/h61-67,72H,9-60H2,1-8H3,(H,77,78)(H,79,80)/t65?,66-,67-/m1/s1. The van der Waals surface area contributed by atoms with Gasteiger partial charge in [-0.25, -0.2) is 9.13 Å². The van der Waals surface area contributed by atoms with E-state index >= 15 is 0 Å². The van der Waals surface area contributed by atoms with E-state index in [0.29, 0.717) is 25.7 Å². The van der Waals surface area contributed by atoms with Gasteiger partial charge < -0.3 is 33.8 Å². The molecule has 0 rings (SSSR count). The maximum Gasteiger partial charge on any atom is 0.472 e. The molecule has 3 unspecified atom stereocenters. The number of ether oxygens (including phenoxy) is 4. The number of unbranched alkanes of at least 4 members (excludes halogenated alkanes) is 34. The van der Waals surface area contributed by atoms with E-state index in [-0.39, 0.29) is 25.7 Å². The summed E-state index contributed by atoms with van der Waals surface area (Å²) >= 11 is 0. The van der Waals surface area contributed by atoms with Crippen LogP contribution in [0.3, 0.4) is 0 Å². The quantitative estimate of drug-likeness (QED) is 0.0222. The van der Waals surface area contributed by atoms with Crippen molar-refractivity contribution in [1.29, 1.82) is 0 Å². The Balaban J connectivity index is 5.27. The Hall–Kier alpha value is -1.94. The lowest BCUT2D eigenvalue weighted by Crippen LogP contribution is -2.30. The fourth-order valence-electron chi connectivity index (χ4n) is 10.7. The lowest BCUT2D eigenvalue weighted by Gasteiger charge is -2.21. The Morgan fingerprint density at radius 2 is 0.467 bits per heavy atom. The van der Waals surface area contributed by atoms with Crippen LogP contribution in [0.15, 0.2) is 0 Å². The minimum atomic E-state index is -4.95. The van der Waals surface area contributed by atoms with Crippen LogP contribution in [0.4, 0.5) is 0 Å². The van der Waals surface area contributed by atoms with E-state index in [1.54, 1.807) is 0 Å². The van der Waals surface area contributed by atoms with Crippen LogP contribution < -0.4 is 0 Å². The molecule has 534 valence electrons. The number of phosphoric ester groups is 2. The van der Waals surface area contributed by atoms with Gasteiger partial charge in [0.25, 0.3) is 0 Å². The van der Waals surface area contributed by atoms with Crippen molar-refractivity contribution < 1.29 is 80.2 Å². The Morgan fingerprint density at radius 3 is 0.689 bits per heavy atom. The minimum absolute atomic E-state index is 0.105. The molecule has 90 heavy (non-hydrogen) atoms. The van der Waals surface area contributed by atoms with Crippen molar-refractivity contribution in [2.75, 3.05) is 39.6 Å². The highest BCUT2D eigenvalue weighted by molar-refractivity contribution is 7.47. The summed E-state index contributed by atoms with van der Waals surface area (Å²) in [4.78, 5) is 72.6. The fourth-order valence-corrected chi connectivity index (χ4v) is 12.2. The predicted octanol–water partition coefficient (Wildman–Crippen LogP) is 20.1. The van der Waals surface area contributed by atoms with Gasteiger partial charge in [-0.15, -0.1) is 0 Å². The lowest BCUT2D eigenvalue weighted by atomic mass is 10.0. The van der Waals surface area contributed by atoms with Gasteiger partial charge in [-0.3, -0.25) is 37.3 Å². The van der Waals surface area contributed by atoms with E-state index in [9.17, 15) is 43.2 Å². The van der Waals surface area contributed by atoms with Gasteiger partial charge in [-0.05, 0) is 49.4 Å². The van der Waals surface area contributed by atoms with Crippen molar-refractivity contribution in [2.45, 2.75) is 369 Å². The molecule has 0 aliphatic rings. The number of aliphatic hydroxyl groups excluding tert-OH is 1. The molecule has 0 saturated carbocycles. The molecule has 0 saturated heterocycles. The summed E-state index contributed by atoms with van der Waals surface area (Å²) in [6.07, 6.45) is 43.0. The molecule has 3 N–H and O–H groups in total. The summed E-state index contributed by atoms with van der Waals surface area (Å²) in [5, 5.41) is 10.6. The molecule has 0 spiro atoms. The van der Waals surface area contributed by atoms with E-state index in [0.717, 1.165) is 114 Å². The molecule has 17 nitrogen and oxygen atoms in total. The Kier molecular flexibility index (Phi) is 59.4. The van der Waals surface area contributed by atoms with Gasteiger partial charge in [-0.1, -0.05) is 299 Å². The van der Waals surface area contributed by atoms with Crippen molar-refractivity contribution in [2.24, 2.45) is 23.7 Å².